The second-order valence-electron chi connectivity index (χ2n) is 8.08. The minimum atomic E-state index is -3.72. The van der Waals surface area contributed by atoms with Crippen molar-refractivity contribution in [1.29, 1.82) is 0 Å². The quantitative estimate of drug-likeness (QED) is 0.511. The van der Waals surface area contributed by atoms with Crippen LogP contribution in [0.4, 0.5) is 0 Å². The molecule has 0 radical (unpaired) electrons. The predicted molar refractivity (Wildman–Crippen MR) is 124 cm³/mol. The molecule has 0 unspecified atom stereocenters. The van der Waals surface area contributed by atoms with Crippen molar-refractivity contribution >= 4 is 38.7 Å². The first kappa shape index (κ1) is 24.0. The molecule has 0 bridgehead atoms. The van der Waals surface area contributed by atoms with E-state index in [0.717, 1.165) is 50.6 Å². The smallest absolute Gasteiger partial charge is 0.245 e. The first-order valence-electron chi connectivity index (χ1n) is 11.2. The zero-order valence-electron chi connectivity index (χ0n) is 18.4. The van der Waals surface area contributed by atoms with E-state index in [0.29, 0.717) is 37.0 Å². The van der Waals surface area contributed by atoms with E-state index in [1.54, 1.807) is 18.2 Å². The summed E-state index contributed by atoms with van der Waals surface area (Å²) in [6.07, 6.45) is 4.54. The number of sulfonamides is 1. The van der Waals surface area contributed by atoms with Crippen LogP contribution in [0.1, 0.15) is 46.0 Å². The van der Waals surface area contributed by atoms with Gasteiger partial charge in [0.15, 0.2) is 0 Å². The molecule has 0 spiro atoms. The van der Waals surface area contributed by atoms with Crippen LogP contribution in [0.15, 0.2) is 23.1 Å². The van der Waals surface area contributed by atoms with Crippen LogP contribution in [0.2, 0.25) is 0 Å². The molecular weight excluding hydrogens is 434 g/mol. The monoisotopic (exact) mass is 467 g/mol. The predicted octanol–water partition coefficient (Wildman–Crippen LogP) is 2.72. The first-order chi connectivity index (χ1) is 15.0. The molecule has 2 aromatic rings. The van der Waals surface area contributed by atoms with Gasteiger partial charge in [-0.2, -0.15) is 13.1 Å². The third-order valence-electron chi connectivity index (χ3n) is 5.65. The van der Waals surface area contributed by atoms with Gasteiger partial charge in [-0.1, -0.05) is 19.9 Å². The molecular formula is C21H33N5O3S2. The van der Waals surface area contributed by atoms with Crippen LogP contribution < -0.4 is 5.32 Å². The van der Waals surface area contributed by atoms with Crippen molar-refractivity contribution < 1.29 is 13.2 Å². The minimum absolute atomic E-state index is 0.0500. The number of rotatable bonds is 11. The van der Waals surface area contributed by atoms with E-state index in [1.165, 1.54) is 4.31 Å². The van der Waals surface area contributed by atoms with Gasteiger partial charge in [0.25, 0.3) is 0 Å². The van der Waals surface area contributed by atoms with Crippen LogP contribution in [0.5, 0.6) is 0 Å². The van der Waals surface area contributed by atoms with Crippen molar-refractivity contribution in [2.45, 2.75) is 50.8 Å². The number of nitrogens with one attached hydrogen (secondary N) is 1. The Kier molecular flexibility index (Phi) is 8.76. The van der Waals surface area contributed by atoms with Crippen molar-refractivity contribution in [2.75, 3.05) is 39.3 Å². The van der Waals surface area contributed by atoms with Gasteiger partial charge in [-0.25, -0.2) is 8.42 Å². The Hall–Kier alpha value is -1.62. The Bertz CT molecular complexity index is 957. The normalized spacial score (nSPS) is 18.0. The number of nitrogens with zero attached hydrogens (tertiary/aromatic N) is 4. The maximum Gasteiger partial charge on any atom is 0.245 e. The van der Waals surface area contributed by atoms with E-state index >= 15 is 0 Å². The van der Waals surface area contributed by atoms with Gasteiger partial charge in [-0.05, 0) is 63.9 Å². The molecule has 0 aliphatic carbocycles. The summed E-state index contributed by atoms with van der Waals surface area (Å²) in [6, 6.07) is 5.01. The van der Waals surface area contributed by atoms with E-state index in [1.807, 2.05) is 0 Å². The molecule has 1 fully saturated rings. The highest BCUT2D eigenvalue weighted by molar-refractivity contribution is 7.89. The lowest BCUT2D eigenvalue weighted by Gasteiger charge is -2.31. The average Bonchev–Trinajstić information content (AvgIpc) is 3.25. The highest BCUT2D eigenvalue weighted by Gasteiger charge is 2.34. The number of carbonyl (C=O) groups excluding carboxylic acids is 1. The zero-order valence-corrected chi connectivity index (χ0v) is 20.1. The van der Waals surface area contributed by atoms with Gasteiger partial charge in [-0.15, -0.1) is 0 Å². The lowest BCUT2D eigenvalue weighted by molar-refractivity contribution is -0.126. The molecule has 1 atom stereocenters. The summed E-state index contributed by atoms with van der Waals surface area (Å²) in [5.74, 6) is -0.371. The summed E-state index contributed by atoms with van der Waals surface area (Å²) in [4.78, 5) is 15.3. The fourth-order valence-corrected chi connectivity index (χ4v) is 6.41. The molecule has 172 valence electrons. The Balaban J connectivity index is 1.56. The maximum atomic E-state index is 13.3. The van der Waals surface area contributed by atoms with E-state index in [-0.39, 0.29) is 23.3 Å². The van der Waals surface area contributed by atoms with Crippen LogP contribution in [-0.2, 0) is 14.8 Å². The van der Waals surface area contributed by atoms with Crippen LogP contribution in [0, 0.1) is 5.92 Å². The molecule has 31 heavy (non-hydrogen) atoms. The topological polar surface area (TPSA) is 95.5 Å². The van der Waals surface area contributed by atoms with Crippen LogP contribution in [0.25, 0.3) is 11.0 Å². The largest absolute Gasteiger partial charge is 0.356 e. The maximum absolute atomic E-state index is 13.3. The number of hydrogen-bond acceptors (Lipinski definition) is 7. The molecule has 1 amide bonds. The van der Waals surface area contributed by atoms with E-state index in [9.17, 15) is 13.2 Å². The van der Waals surface area contributed by atoms with Crippen molar-refractivity contribution in [3.8, 4) is 0 Å². The molecule has 0 saturated carbocycles. The lowest BCUT2D eigenvalue weighted by atomic mass is 9.99. The van der Waals surface area contributed by atoms with Gasteiger partial charge in [0.05, 0.1) is 17.6 Å². The third kappa shape index (κ3) is 6.00. The standard InChI is InChI=1S/C21H33N5O3S2/c1-3-12-25(13-4-2)14-7-11-22-21(27)17-8-6-15-26(16-17)31(28,29)19-10-5-9-18-20(19)24-30-23-18/h5,9-10,17H,3-4,6-8,11-16H2,1-2H3,(H,22,27)/t17-/m1/s1. The van der Waals surface area contributed by atoms with Gasteiger partial charge < -0.3 is 10.2 Å². The second-order valence-corrected chi connectivity index (χ2v) is 10.5. The van der Waals surface area contributed by atoms with Gasteiger partial charge >= 0.3 is 0 Å². The Morgan fingerprint density at radius 1 is 1.23 bits per heavy atom. The van der Waals surface area contributed by atoms with E-state index in [2.05, 4.69) is 32.8 Å². The summed E-state index contributed by atoms with van der Waals surface area (Å²) in [6.45, 7) is 8.74. The number of carbonyl (C=O) groups is 1. The van der Waals surface area contributed by atoms with E-state index < -0.39 is 10.0 Å². The van der Waals surface area contributed by atoms with Gasteiger partial charge in [0.1, 0.15) is 15.9 Å². The van der Waals surface area contributed by atoms with Crippen molar-refractivity contribution in [3.63, 3.8) is 0 Å². The molecule has 3 rings (SSSR count). The number of benzene rings is 1. The van der Waals surface area contributed by atoms with Crippen molar-refractivity contribution in [3.05, 3.63) is 18.2 Å². The van der Waals surface area contributed by atoms with Gasteiger partial charge in [0, 0.05) is 19.6 Å². The molecule has 8 nitrogen and oxygen atoms in total. The SMILES string of the molecule is CCCN(CCC)CCCNC(=O)[C@@H]1CCCN(S(=O)(=O)c2cccc3nsnc23)C1. The van der Waals surface area contributed by atoms with E-state index in [4.69, 9.17) is 0 Å². The molecule has 1 aliphatic rings. The molecule has 1 aromatic carbocycles. The summed E-state index contributed by atoms with van der Waals surface area (Å²) in [5.41, 5.74) is 0.986. The number of fused-ring (bicyclic) bond motifs is 1. The fraction of sp³-hybridized carbons (Fsp3) is 0.667. The highest BCUT2D eigenvalue weighted by atomic mass is 32.2. The Morgan fingerprint density at radius 3 is 2.74 bits per heavy atom. The van der Waals surface area contributed by atoms with Crippen molar-refractivity contribution in [1.82, 2.24) is 23.3 Å². The Morgan fingerprint density at radius 2 is 2.00 bits per heavy atom. The lowest BCUT2D eigenvalue weighted by Crippen LogP contribution is -2.45. The minimum Gasteiger partial charge on any atom is -0.356 e. The van der Waals surface area contributed by atoms with Crippen LogP contribution in [-0.4, -0.2) is 71.5 Å². The van der Waals surface area contributed by atoms with Crippen LogP contribution >= 0.6 is 11.7 Å². The molecule has 1 N–H and O–H groups in total. The van der Waals surface area contributed by atoms with Gasteiger partial charge in [0.2, 0.25) is 15.9 Å². The second kappa shape index (κ2) is 11.3. The molecule has 1 aromatic heterocycles. The van der Waals surface area contributed by atoms with Gasteiger partial charge in [-0.3, -0.25) is 4.79 Å². The Labute approximate surface area is 189 Å². The molecule has 2 heterocycles. The fourth-order valence-electron chi connectivity index (χ4n) is 4.13. The summed E-state index contributed by atoms with van der Waals surface area (Å²) in [7, 11) is -3.72. The highest BCUT2D eigenvalue weighted by Crippen LogP contribution is 2.28. The number of aromatic nitrogens is 2. The number of amides is 1. The first-order valence-corrected chi connectivity index (χ1v) is 13.4. The third-order valence-corrected chi connectivity index (χ3v) is 8.09. The summed E-state index contributed by atoms with van der Waals surface area (Å²) >= 11 is 1.00. The van der Waals surface area contributed by atoms with Crippen molar-refractivity contribution in [2.24, 2.45) is 5.92 Å². The number of hydrogen-bond donors (Lipinski definition) is 1. The average molecular weight is 468 g/mol. The van der Waals surface area contributed by atoms with Crippen LogP contribution in [0.3, 0.4) is 0 Å². The summed E-state index contributed by atoms with van der Waals surface area (Å²) < 4.78 is 36.2. The zero-order chi connectivity index (χ0) is 22.3. The summed E-state index contributed by atoms with van der Waals surface area (Å²) in [5, 5.41) is 3.02. The number of piperidine rings is 1. The molecule has 1 aliphatic heterocycles. The molecule has 10 heteroatoms. The molecule has 1 saturated heterocycles.